The molecule has 1 aliphatic heterocycles. The first kappa shape index (κ1) is 28.1. The molecule has 0 spiro atoms. The van der Waals surface area contributed by atoms with Crippen LogP contribution in [-0.2, 0) is 15.3 Å². The van der Waals surface area contributed by atoms with E-state index in [1.165, 1.54) is 28.0 Å². The van der Waals surface area contributed by atoms with E-state index >= 15 is 0 Å². The van der Waals surface area contributed by atoms with Gasteiger partial charge < -0.3 is 9.84 Å². The van der Waals surface area contributed by atoms with E-state index in [-0.39, 0.29) is 11.3 Å². The minimum absolute atomic E-state index is 0.000613. The molecule has 0 saturated carbocycles. The number of carbonyl (C=O) groups is 2. The van der Waals surface area contributed by atoms with Gasteiger partial charge in [-0.05, 0) is 41.8 Å². The van der Waals surface area contributed by atoms with Gasteiger partial charge in [0.05, 0.1) is 18.2 Å². The summed E-state index contributed by atoms with van der Waals surface area (Å²) in [5.74, 6) is -0.395. The minimum Gasteiger partial charge on any atom is -0.507 e. The number of ketones is 1. The Morgan fingerprint density at radius 3 is 2.45 bits per heavy atom. The van der Waals surface area contributed by atoms with Crippen molar-refractivity contribution in [3.63, 3.8) is 0 Å². The summed E-state index contributed by atoms with van der Waals surface area (Å²) in [5, 5.41) is 20.2. The summed E-state index contributed by atoms with van der Waals surface area (Å²) in [6.07, 6.45) is 1.97. The minimum atomic E-state index is -0.881. The molecule has 1 atom stereocenters. The van der Waals surface area contributed by atoms with Crippen molar-refractivity contribution in [2.24, 2.45) is 0 Å². The van der Waals surface area contributed by atoms with Crippen molar-refractivity contribution in [2.45, 2.75) is 35.9 Å². The van der Waals surface area contributed by atoms with Crippen molar-refractivity contribution in [2.75, 3.05) is 11.5 Å². The highest BCUT2D eigenvalue weighted by atomic mass is 79.9. The third kappa shape index (κ3) is 6.14. The zero-order chi connectivity index (χ0) is 28.1. The van der Waals surface area contributed by atoms with Gasteiger partial charge in [-0.25, -0.2) is 0 Å². The fourth-order valence-electron chi connectivity index (χ4n) is 4.27. The molecule has 1 aromatic heterocycles. The Hall–Kier alpha value is -3.47. The maximum Gasteiger partial charge on any atom is 0.301 e. The number of rotatable bonds is 10. The number of benzene rings is 3. The average molecular weight is 637 g/mol. The maximum absolute atomic E-state index is 13.5. The highest BCUT2D eigenvalue weighted by molar-refractivity contribution is 9.10. The van der Waals surface area contributed by atoms with Gasteiger partial charge in [0.1, 0.15) is 11.5 Å². The van der Waals surface area contributed by atoms with E-state index in [1.54, 1.807) is 24.3 Å². The van der Waals surface area contributed by atoms with E-state index < -0.39 is 17.7 Å². The highest BCUT2D eigenvalue weighted by Crippen LogP contribution is 2.44. The molecule has 3 aromatic carbocycles. The molecule has 1 saturated heterocycles. The van der Waals surface area contributed by atoms with Gasteiger partial charge in [0.25, 0.3) is 5.78 Å². The molecular formula is C30H26BrN3O4S2. The molecule has 10 heteroatoms. The van der Waals surface area contributed by atoms with E-state index in [0.29, 0.717) is 38.7 Å². The third-order valence-corrected chi connectivity index (χ3v) is 8.99. The quantitative estimate of drug-likeness (QED) is 0.0485. The maximum atomic E-state index is 13.5. The number of halogens is 1. The zero-order valence-corrected chi connectivity index (χ0v) is 24.8. The molecule has 1 fully saturated rings. The number of aromatic nitrogens is 2. The van der Waals surface area contributed by atoms with Gasteiger partial charge in [-0.2, -0.15) is 0 Å². The number of aliphatic hydroxyl groups is 1. The molecule has 1 N–H and O–H groups in total. The number of carbonyl (C=O) groups excluding carboxylic acids is 2. The van der Waals surface area contributed by atoms with Gasteiger partial charge in [-0.15, -0.1) is 10.2 Å². The zero-order valence-electron chi connectivity index (χ0n) is 21.6. The first-order valence-corrected chi connectivity index (χ1v) is 15.4. The summed E-state index contributed by atoms with van der Waals surface area (Å²) in [5.41, 5.74) is 2.22. The predicted molar refractivity (Wildman–Crippen MR) is 162 cm³/mol. The van der Waals surface area contributed by atoms with Crippen LogP contribution in [0.5, 0.6) is 5.75 Å². The lowest BCUT2D eigenvalue weighted by atomic mass is 9.95. The molecule has 0 aliphatic carbocycles. The number of ether oxygens (including phenoxy) is 1. The fourth-order valence-corrected chi connectivity index (χ4v) is 6.35. The molecule has 1 amide bonds. The van der Waals surface area contributed by atoms with Crippen molar-refractivity contribution >= 4 is 61.6 Å². The SMILES string of the molecule is CCCCOc1ccc(C2/C(=C(/O)c3ccc(Br)cc3)C(=O)C(=O)N2c2nnc(SCc3ccccc3)s2)cc1. The van der Waals surface area contributed by atoms with Crippen LogP contribution in [0, 0.1) is 0 Å². The molecule has 7 nitrogen and oxygen atoms in total. The first-order chi connectivity index (χ1) is 19.5. The molecular weight excluding hydrogens is 610 g/mol. The van der Waals surface area contributed by atoms with Crippen LogP contribution in [-0.4, -0.2) is 33.6 Å². The van der Waals surface area contributed by atoms with Crippen molar-refractivity contribution in [3.8, 4) is 5.75 Å². The Morgan fingerprint density at radius 2 is 1.75 bits per heavy atom. The van der Waals surface area contributed by atoms with Gasteiger partial charge >= 0.3 is 5.91 Å². The largest absolute Gasteiger partial charge is 0.507 e. The van der Waals surface area contributed by atoms with Crippen LogP contribution in [0.2, 0.25) is 0 Å². The number of thioether (sulfide) groups is 1. The highest BCUT2D eigenvalue weighted by Gasteiger charge is 2.48. The number of amides is 1. The van der Waals surface area contributed by atoms with E-state index in [2.05, 4.69) is 33.1 Å². The third-order valence-electron chi connectivity index (χ3n) is 6.33. The van der Waals surface area contributed by atoms with Gasteiger partial charge in [0.15, 0.2) is 4.34 Å². The van der Waals surface area contributed by atoms with Gasteiger partial charge in [-0.1, -0.05) is 107 Å². The molecule has 0 bridgehead atoms. The molecule has 204 valence electrons. The molecule has 2 heterocycles. The molecule has 1 aliphatic rings. The monoisotopic (exact) mass is 635 g/mol. The average Bonchev–Trinajstić information content (AvgIpc) is 3.55. The van der Waals surface area contributed by atoms with E-state index in [0.717, 1.165) is 22.9 Å². The smallest absolute Gasteiger partial charge is 0.301 e. The predicted octanol–water partition coefficient (Wildman–Crippen LogP) is 7.40. The van der Waals surface area contributed by atoms with E-state index in [1.807, 2.05) is 54.6 Å². The normalized spacial score (nSPS) is 16.4. The number of nitrogens with zero attached hydrogens (tertiary/aromatic N) is 3. The van der Waals surface area contributed by atoms with Crippen molar-refractivity contribution in [1.29, 1.82) is 0 Å². The van der Waals surface area contributed by atoms with Crippen LogP contribution in [0.3, 0.4) is 0 Å². The lowest BCUT2D eigenvalue weighted by Gasteiger charge is -2.22. The summed E-state index contributed by atoms with van der Waals surface area (Å²) in [6, 6.07) is 23.3. The molecule has 0 radical (unpaired) electrons. The van der Waals surface area contributed by atoms with E-state index in [9.17, 15) is 14.7 Å². The lowest BCUT2D eigenvalue weighted by Crippen LogP contribution is -2.29. The Morgan fingerprint density at radius 1 is 1.02 bits per heavy atom. The van der Waals surface area contributed by atoms with Crippen molar-refractivity contribution in [1.82, 2.24) is 10.2 Å². The number of anilines is 1. The van der Waals surface area contributed by atoms with Crippen LogP contribution in [0.25, 0.3) is 5.76 Å². The summed E-state index contributed by atoms with van der Waals surface area (Å²) in [6.45, 7) is 2.70. The van der Waals surface area contributed by atoms with Crippen LogP contribution in [0.1, 0.15) is 42.5 Å². The fraction of sp³-hybridized carbons (Fsp3) is 0.200. The Bertz CT molecular complexity index is 1520. The standard InChI is InChI=1S/C30H26BrN3O4S2/c1-2-3-17-38-23-15-11-20(12-16-23)25-24(26(35)21-9-13-22(31)14-10-21)27(36)28(37)34(25)29-32-33-30(40-29)39-18-19-7-5-4-6-8-19/h4-16,25,35H,2-3,17-18H2,1H3/b26-24-. The summed E-state index contributed by atoms with van der Waals surface area (Å²) in [4.78, 5) is 28.2. The van der Waals surface area contributed by atoms with Gasteiger partial charge in [0.2, 0.25) is 5.13 Å². The second-order valence-electron chi connectivity index (χ2n) is 9.07. The molecule has 1 unspecified atom stereocenters. The van der Waals surface area contributed by atoms with Gasteiger partial charge in [-0.3, -0.25) is 14.5 Å². The second-order valence-corrected chi connectivity index (χ2v) is 12.2. The van der Waals surface area contributed by atoms with Crippen molar-refractivity contribution in [3.05, 3.63) is 106 Å². The number of unbranched alkanes of at least 4 members (excludes halogenated alkanes) is 1. The van der Waals surface area contributed by atoms with Crippen LogP contribution < -0.4 is 9.64 Å². The number of Topliss-reactive ketones (excluding diaryl/α,β-unsaturated/α-hetero) is 1. The van der Waals surface area contributed by atoms with Crippen molar-refractivity contribution < 1.29 is 19.4 Å². The Balaban J connectivity index is 1.51. The second kappa shape index (κ2) is 12.8. The topological polar surface area (TPSA) is 92.6 Å². The molecule has 40 heavy (non-hydrogen) atoms. The lowest BCUT2D eigenvalue weighted by molar-refractivity contribution is -0.132. The summed E-state index contributed by atoms with van der Waals surface area (Å²) >= 11 is 6.14. The van der Waals surface area contributed by atoms with Crippen LogP contribution >= 0.6 is 39.0 Å². The number of hydrogen-bond acceptors (Lipinski definition) is 8. The number of hydrogen-bond donors (Lipinski definition) is 1. The van der Waals surface area contributed by atoms with E-state index in [4.69, 9.17) is 4.74 Å². The Kier molecular flexibility index (Phi) is 8.98. The summed E-state index contributed by atoms with van der Waals surface area (Å²) < 4.78 is 7.30. The van der Waals surface area contributed by atoms with Crippen LogP contribution in [0.15, 0.2) is 93.2 Å². The number of aliphatic hydroxyl groups excluding tert-OH is 1. The van der Waals surface area contributed by atoms with Crippen LogP contribution in [0.4, 0.5) is 5.13 Å². The molecule has 5 rings (SSSR count). The Labute approximate surface area is 249 Å². The molecule has 4 aromatic rings. The first-order valence-electron chi connectivity index (χ1n) is 12.8. The summed E-state index contributed by atoms with van der Waals surface area (Å²) in [7, 11) is 0. The van der Waals surface area contributed by atoms with Gasteiger partial charge in [0, 0.05) is 15.8 Å².